The second-order valence-electron chi connectivity index (χ2n) is 5.18. The molecule has 2 rings (SSSR count). The number of esters is 1. The molecule has 0 bridgehead atoms. The Morgan fingerprint density at radius 3 is 2.26 bits per heavy atom. The highest BCUT2D eigenvalue weighted by molar-refractivity contribution is 5.99. The summed E-state index contributed by atoms with van der Waals surface area (Å²) < 4.78 is 5.11. The first kappa shape index (κ1) is 16.6. The maximum Gasteiger partial charge on any atom is 0.358 e. The Morgan fingerprint density at radius 1 is 1.09 bits per heavy atom. The molecule has 0 spiro atoms. The summed E-state index contributed by atoms with van der Waals surface area (Å²) >= 11 is 0. The van der Waals surface area contributed by atoms with Gasteiger partial charge in [0.05, 0.1) is 6.61 Å². The molecule has 0 unspecified atom stereocenters. The lowest BCUT2D eigenvalue weighted by Gasteiger charge is -2.23. The zero-order valence-corrected chi connectivity index (χ0v) is 13.6. The summed E-state index contributed by atoms with van der Waals surface area (Å²) in [5.41, 5.74) is 2.59. The van der Waals surface area contributed by atoms with Gasteiger partial charge in [0.15, 0.2) is 11.5 Å². The van der Waals surface area contributed by atoms with Gasteiger partial charge in [-0.2, -0.15) is 0 Å². The molecule has 0 amide bonds. The third kappa shape index (κ3) is 3.92. The van der Waals surface area contributed by atoms with Crippen LogP contribution >= 0.6 is 0 Å². The minimum atomic E-state index is -0.558. The van der Waals surface area contributed by atoms with E-state index in [-0.39, 0.29) is 18.1 Å². The molecule has 0 saturated heterocycles. The van der Waals surface area contributed by atoms with Gasteiger partial charge in [0.1, 0.15) is 0 Å². The van der Waals surface area contributed by atoms with E-state index in [9.17, 15) is 9.90 Å². The predicted molar refractivity (Wildman–Crippen MR) is 92.2 cm³/mol. The molecule has 0 radical (unpaired) electrons. The van der Waals surface area contributed by atoms with Crippen LogP contribution in [0.25, 0.3) is 5.76 Å². The zero-order chi connectivity index (χ0) is 16.8. The molecule has 0 saturated carbocycles. The fraction of sp³-hybridized carbons (Fsp3) is 0.211. The topological polar surface area (TPSA) is 49.8 Å². The van der Waals surface area contributed by atoms with Crippen molar-refractivity contribution in [3.05, 3.63) is 71.4 Å². The van der Waals surface area contributed by atoms with Crippen molar-refractivity contribution in [1.29, 1.82) is 0 Å². The monoisotopic (exact) mass is 311 g/mol. The van der Waals surface area contributed by atoms with Crippen LogP contribution in [-0.2, 0) is 9.53 Å². The number of aryl methyl sites for hydroxylation is 1. The Balaban J connectivity index is 2.49. The Hall–Kier alpha value is -2.75. The highest BCUT2D eigenvalue weighted by Gasteiger charge is 2.23. The summed E-state index contributed by atoms with van der Waals surface area (Å²) in [5, 5.41) is 10.6. The lowest BCUT2D eigenvalue weighted by atomic mass is 10.1. The van der Waals surface area contributed by atoms with Crippen LogP contribution in [0.4, 0.5) is 5.69 Å². The minimum absolute atomic E-state index is 0.105. The minimum Gasteiger partial charge on any atom is -0.505 e. The molecule has 0 atom stereocenters. The zero-order valence-electron chi connectivity index (χ0n) is 13.6. The number of ether oxygens (including phenoxy) is 1. The number of likely N-dealkylation sites (N-methyl/N-ethyl adjacent to an activating group) is 1. The van der Waals surface area contributed by atoms with Gasteiger partial charge in [-0.05, 0) is 26.0 Å². The van der Waals surface area contributed by atoms with Crippen molar-refractivity contribution < 1.29 is 14.6 Å². The van der Waals surface area contributed by atoms with E-state index in [4.69, 9.17) is 4.74 Å². The fourth-order valence-electron chi connectivity index (χ4n) is 2.22. The van der Waals surface area contributed by atoms with Crippen molar-refractivity contribution in [1.82, 2.24) is 0 Å². The van der Waals surface area contributed by atoms with E-state index >= 15 is 0 Å². The third-order valence-electron chi connectivity index (χ3n) is 3.50. The number of carbonyl (C=O) groups excluding carboxylic acids is 1. The summed E-state index contributed by atoms with van der Waals surface area (Å²) in [6.45, 7) is 3.97. The van der Waals surface area contributed by atoms with Crippen molar-refractivity contribution in [2.45, 2.75) is 13.8 Å². The van der Waals surface area contributed by atoms with Gasteiger partial charge in [-0.3, -0.25) is 0 Å². The maximum absolute atomic E-state index is 12.4. The van der Waals surface area contributed by atoms with Crippen LogP contribution in [0.5, 0.6) is 0 Å². The second-order valence-corrected chi connectivity index (χ2v) is 5.18. The average molecular weight is 311 g/mol. The lowest BCUT2D eigenvalue weighted by molar-refractivity contribution is -0.138. The summed E-state index contributed by atoms with van der Waals surface area (Å²) in [4.78, 5) is 14.0. The SMILES string of the molecule is CCOC(=O)/C(=C(\O)c1ccccc1)N(C)c1ccc(C)cc1. The van der Waals surface area contributed by atoms with Gasteiger partial charge in [-0.15, -0.1) is 0 Å². The van der Waals surface area contributed by atoms with Crippen LogP contribution in [0.3, 0.4) is 0 Å². The number of nitrogens with zero attached hydrogens (tertiary/aromatic N) is 1. The number of rotatable bonds is 5. The van der Waals surface area contributed by atoms with E-state index in [0.29, 0.717) is 5.56 Å². The number of benzene rings is 2. The Morgan fingerprint density at radius 2 is 1.70 bits per heavy atom. The number of carbonyl (C=O) groups is 1. The Bertz CT molecular complexity index is 690. The highest BCUT2D eigenvalue weighted by Crippen LogP contribution is 2.24. The van der Waals surface area contributed by atoms with E-state index in [1.165, 1.54) is 0 Å². The standard InChI is InChI=1S/C19H21NO3/c1-4-23-19(22)17(18(21)15-8-6-5-7-9-15)20(3)16-12-10-14(2)11-13-16/h5-13,21H,4H2,1-3H3/b18-17+. The molecular weight excluding hydrogens is 290 g/mol. The van der Waals surface area contributed by atoms with Gasteiger partial charge in [-0.25, -0.2) is 4.79 Å². The summed E-state index contributed by atoms with van der Waals surface area (Å²) in [5.74, 6) is -0.663. The van der Waals surface area contributed by atoms with Crippen LogP contribution in [0.1, 0.15) is 18.1 Å². The molecule has 0 aliphatic heterocycles. The fourth-order valence-corrected chi connectivity index (χ4v) is 2.22. The molecule has 4 heteroatoms. The molecule has 0 aliphatic carbocycles. The Kier molecular flexibility index (Phi) is 5.41. The average Bonchev–Trinajstić information content (AvgIpc) is 2.56. The van der Waals surface area contributed by atoms with Crippen LogP contribution < -0.4 is 4.90 Å². The first-order valence-electron chi connectivity index (χ1n) is 7.50. The van der Waals surface area contributed by atoms with Gasteiger partial charge in [0.2, 0.25) is 0 Å². The van der Waals surface area contributed by atoms with Gasteiger partial charge >= 0.3 is 5.97 Å². The van der Waals surface area contributed by atoms with Crippen LogP contribution in [-0.4, -0.2) is 24.7 Å². The molecule has 0 aliphatic rings. The van der Waals surface area contributed by atoms with E-state index in [0.717, 1.165) is 11.3 Å². The number of hydrogen-bond acceptors (Lipinski definition) is 4. The number of hydrogen-bond donors (Lipinski definition) is 1. The molecule has 23 heavy (non-hydrogen) atoms. The molecule has 1 N–H and O–H groups in total. The van der Waals surface area contributed by atoms with Crippen LogP contribution in [0, 0.1) is 6.92 Å². The molecule has 0 fully saturated rings. The lowest BCUT2D eigenvalue weighted by Crippen LogP contribution is -2.26. The number of anilines is 1. The van der Waals surface area contributed by atoms with E-state index in [1.807, 2.05) is 37.3 Å². The van der Waals surface area contributed by atoms with E-state index in [2.05, 4.69) is 0 Å². The van der Waals surface area contributed by atoms with Crippen LogP contribution in [0.15, 0.2) is 60.3 Å². The molecule has 120 valence electrons. The van der Waals surface area contributed by atoms with E-state index < -0.39 is 5.97 Å². The molecular formula is C19H21NO3. The van der Waals surface area contributed by atoms with E-state index in [1.54, 1.807) is 43.1 Å². The number of aliphatic hydroxyl groups excluding tert-OH is 1. The molecule has 2 aromatic carbocycles. The van der Waals surface area contributed by atoms with Gasteiger partial charge in [0.25, 0.3) is 0 Å². The highest BCUT2D eigenvalue weighted by atomic mass is 16.5. The summed E-state index contributed by atoms with van der Waals surface area (Å²) in [6.07, 6.45) is 0. The Labute approximate surface area is 136 Å². The normalized spacial score (nSPS) is 11.6. The van der Waals surface area contributed by atoms with Crippen molar-refractivity contribution >= 4 is 17.4 Å². The summed E-state index contributed by atoms with van der Waals surface area (Å²) in [7, 11) is 1.73. The van der Waals surface area contributed by atoms with Gasteiger partial charge < -0.3 is 14.7 Å². The maximum atomic E-state index is 12.4. The van der Waals surface area contributed by atoms with Crippen molar-refractivity contribution in [2.75, 3.05) is 18.6 Å². The van der Waals surface area contributed by atoms with Crippen molar-refractivity contribution in [3.63, 3.8) is 0 Å². The van der Waals surface area contributed by atoms with Gasteiger partial charge in [-0.1, -0.05) is 48.0 Å². The first-order valence-corrected chi connectivity index (χ1v) is 7.50. The third-order valence-corrected chi connectivity index (χ3v) is 3.50. The van der Waals surface area contributed by atoms with Crippen molar-refractivity contribution in [3.8, 4) is 0 Å². The molecule has 0 heterocycles. The molecule has 2 aromatic rings. The predicted octanol–water partition coefficient (Wildman–Crippen LogP) is 3.92. The summed E-state index contributed by atoms with van der Waals surface area (Å²) in [6, 6.07) is 16.7. The quantitative estimate of drug-likeness (QED) is 0.516. The largest absolute Gasteiger partial charge is 0.505 e. The smallest absolute Gasteiger partial charge is 0.358 e. The van der Waals surface area contributed by atoms with Crippen molar-refractivity contribution in [2.24, 2.45) is 0 Å². The first-order chi connectivity index (χ1) is 11.0. The second kappa shape index (κ2) is 7.49. The van der Waals surface area contributed by atoms with Crippen LogP contribution in [0.2, 0.25) is 0 Å². The molecule has 4 nitrogen and oxygen atoms in total. The molecule has 0 aromatic heterocycles. The number of aliphatic hydroxyl groups is 1. The van der Waals surface area contributed by atoms with Gasteiger partial charge in [0, 0.05) is 18.3 Å².